The maximum atomic E-state index is 12.1. The normalized spacial score (nSPS) is 11.6. The lowest BCUT2D eigenvalue weighted by atomic mass is 10.3. The molecule has 1 N–H and O–H groups in total. The van der Waals surface area contributed by atoms with Gasteiger partial charge in [-0.3, -0.25) is 4.72 Å². The van der Waals surface area contributed by atoms with Gasteiger partial charge in [0.2, 0.25) is 10.0 Å². The van der Waals surface area contributed by atoms with E-state index in [-0.39, 0.29) is 5.75 Å². The Hall–Kier alpha value is -1.77. The van der Waals surface area contributed by atoms with Gasteiger partial charge in [0, 0.05) is 11.4 Å². The summed E-state index contributed by atoms with van der Waals surface area (Å²) in [5.74, 6) is 1.48. The molecular formula is C17H18N2O3S3. The van der Waals surface area contributed by atoms with Crippen LogP contribution < -0.4 is 9.46 Å². The van der Waals surface area contributed by atoms with Crippen molar-refractivity contribution in [2.45, 2.75) is 10.8 Å². The van der Waals surface area contributed by atoms with Gasteiger partial charge in [0.1, 0.15) is 5.75 Å². The molecule has 0 fully saturated rings. The number of ether oxygens (including phenoxy) is 1. The summed E-state index contributed by atoms with van der Waals surface area (Å²) in [6, 6.07) is 14.8. The Morgan fingerprint density at radius 3 is 2.64 bits per heavy atom. The van der Waals surface area contributed by atoms with Gasteiger partial charge in [-0.15, -0.1) is 11.3 Å². The SMILES string of the molecule is COc1ccc(NS(=O)(=O)CCCSc2nc3ccccc3s2)cc1. The van der Waals surface area contributed by atoms with Gasteiger partial charge >= 0.3 is 0 Å². The van der Waals surface area contributed by atoms with Crippen molar-refractivity contribution in [3.05, 3.63) is 48.5 Å². The second-order valence-corrected chi connectivity index (χ2v) is 9.51. The molecule has 0 saturated heterocycles. The summed E-state index contributed by atoms with van der Waals surface area (Å²) in [5, 5.41) is 0. The molecule has 0 atom stereocenters. The van der Waals surface area contributed by atoms with Gasteiger partial charge < -0.3 is 4.74 Å². The highest BCUT2D eigenvalue weighted by Crippen LogP contribution is 2.29. The van der Waals surface area contributed by atoms with E-state index in [2.05, 4.69) is 9.71 Å². The molecule has 1 heterocycles. The van der Waals surface area contributed by atoms with E-state index in [4.69, 9.17) is 4.74 Å². The highest BCUT2D eigenvalue weighted by molar-refractivity contribution is 8.01. The second kappa shape index (κ2) is 8.07. The molecular weight excluding hydrogens is 376 g/mol. The molecule has 5 nitrogen and oxygen atoms in total. The zero-order valence-corrected chi connectivity index (χ0v) is 16.1. The first-order valence-electron chi connectivity index (χ1n) is 7.69. The maximum Gasteiger partial charge on any atom is 0.232 e. The number of hydrogen-bond acceptors (Lipinski definition) is 6. The van der Waals surface area contributed by atoms with Crippen LogP contribution in [-0.4, -0.2) is 32.0 Å². The Morgan fingerprint density at radius 1 is 1.16 bits per heavy atom. The fourth-order valence-electron chi connectivity index (χ4n) is 2.21. The fourth-order valence-corrected chi connectivity index (χ4v) is 5.59. The van der Waals surface area contributed by atoms with Gasteiger partial charge in [-0.25, -0.2) is 13.4 Å². The standard InChI is InChI=1S/C17H18N2O3S3/c1-22-14-9-7-13(8-10-14)19-25(20,21)12-4-11-23-17-18-15-5-2-3-6-16(15)24-17/h2-3,5-10,19H,4,11-12H2,1H3. The van der Waals surface area contributed by atoms with E-state index in [1.54, 1.807) is 54.5 Å². The summed E-state index contributed by atoms with van der Waals surface area (Å²) in [6.45, 7) is 0. The van der Waals surface area contributed by atoms with Crippen LogP contribution in [0.15, 0.2) is 52.9 Å². The topological polar surface area (TPSA) is 68.3 Å². The molecule has 0 aliphatic carbocycles. The Balaban J connectivity index is 1.48. The number of para-hydroxylation sites is 1. The summed E-state index contributed by atoms with van der Waals surface area (Å²) in [4.78, 5) is 4.54. The number of thiazole rings is 1. The molecule has 0 unspecified atom stereocenters. The molecule has 2 aromatic carbocycles. The number of hydrogen-bond donors (Lipinski definition) is 1. The third-order valence-corrected chi connectivity index (χ3v) is 7.06. The van der Waals surface area contributed by atoms with Crippen LogP contribution in [0.4, 0.5) is 5.69 Å². The number of benzene rings is 2. The molecule has 25 heavy (non-hydrogen) atoms. The van der Waals surface area contributed by atoms with E-state index in [1.165, 1.54) is 0 Å². The smallest absolute Gasteiger partial charge is 0.232 e. The van der Waals surface area contributed by atoms with Crippen molar-refractivity contribution >= 4 is 49.0 Å². The Bertz CT molecular complexity index is 904. The van der Waals surface area contributed by atoms with Gasteiger partial charge in [0.15, 0.2) is 4.34 Å². The zero-order valence-electron chi connectivity index (χ0n) is 13.6. The first-order chi connectivity index (χ1) is 12.1. The molecule has 8 heteroatoms. The number of nitrogens with one attached hydrogen (secondary N) is 1. The summed E-state index contributed by atoms with van der Waals surface area (Å²) in [6.07, 6.45) is 0.562. The third kappa shape index (κ3) is 5.10. The van der Waals surface area contributed by atoms with Crippen LogP contribution in [0.3, 0.4) is 0 Å². The summed E-state index contributed by atoms with van der Waals surface area (Å²) in [7, 11) is -1.78. The van der Waals surface area contributed by atoms with Gasteiger partial charge in [-0.2, -0.15) is 0 Å². The van der Waals surface area contributed by atoms with Gasteiger partial charge in [0.05, 0.1) is 23.1 Å². The minimum atomic E-state index is -3.35. The van der Waals surface area contributed by atoms with Crippen molar-refractivity contribution in [2.24, 2.45) is 0 Å². The third-order valence-electron chi connectivity index (χ3n) is 3.42. The molecule has 0 aliphatic rings. The number of fused-ring (bicyclic) bond motifs is 1. The highest BCUT2D eigenvalue weighted by atomic mass is 32.2. The zero-order chi connectivity index (χ0) is 17.7. The average Bonchev–Trinajstić information content (AvgIpc) is 3.02. The van der Waals surface area contributed by atoms with E-state index in [9.17, 15) is 8.42 Å². The van der Waals surface area contributed by atoms with Crippen LogP contribution in [-0.2, 0) is 10.0 Å². The Morgan fingerprint density at radius 2 is 1.92 bits per heavy atom. The summed E-state index contributed by atoms with van der Waals surface area (Å²) < 4.78 is 34.1. The Labute approximate surface area is 155 Å². The highest BCUT2D eigenvalue weighted by Gasteiger charge is 2.11. The largest absolute Gasteiger partial charge is 0.497 e. The van der Waals surface area contributed by atoms with E-state index >= 15 is 0 Å². The average molecular weight is 395 g/mol. The van der Waals surface area contributed by atoms with E-state index in [1.807, 2.05) is 24.3 Å². The Kier molecular flexibility index (Phi) is 5.82. The minimum absolute atomic E-state index is 0.0803. The molecule has 1 aromatic heterocycles. The molecule has 0 radical (unpaired) electrons. The van der Waals surface area contributed by atoms with Gasteiger partial charge in [-0.05, 0) is 42.8 Å². The van der Waals surface area contributed by atoms with Crippen molar-refractivity contribution in [1.29, 1.82) is 0 Å². The van der Waals surface area contributed by atoms with Gasteiger partial charge in [-0.1, -0.05) is 23.9 Å². The van der Waals surface area contributed by atoms with Gasteiger partial charge in [0.25, 0.3) is 0 Å². The van der Waals surface area contributed by atoms with Crippen molar-refractivity contribution in [3.63, 3.8) is 0 Å². The van der Waals surface area contributed by atoms with Crippen LogP contribution >= 0.6 is 23.1 Å². The summed E-state index contributed by atoms with van der Waals surface area (Å²) in [5.41, 5.74) is 1.53. The minimum Gasteiger partial charge on any atom is -0.497 e. The number of anilines is 1. The fraction of sp³-hybridized carbons (Fsp3) is 0.235. The summed E-state index contributed by atoms with van der Waals surface area (Å²) >= 11 is 3.23. The molecule has 0 aliphatic heterocycles. The predicted molar refractivity (Wildman–Crippen MR) is 105 cm³/mol. The number of rotatable bonds is 8. The molecule has 132 valence electrons. The quantitative estimate of drug-likeness (QED) is 0.457. The van der Waals surface area contributed by atoms with E-state index in [0.29, 0.717) is 23.6 Å². The van der Waals surface area contributed by atoms with Crippen LogP contribution in [0.5, 0.6) is 5.75 Å². The molecule has 0 saturated carbocycles. The number of aromatic nitrogens is 1. The number of methoxy groups -OCH3 is 1. The van der Waals surface area contributed by atoms with Crippen molar-refractivity contribution in [2.75, 3.05) is 23.3 Å². The van der Waals surface area contributed by atoms with Crippen LogP contribution in [0.25, 0.3) is 10.2 Å². The molecule has 0 amide bonds. The van der Waals surface area contributed by atoms with Crippen molar-refractivity contribution in [1.82, 2.24) is 4.98 Å². The first-order valence-corrected chi connectivity index (χ1v) is 11.1. The first kappa shape index (κ1) is 18.0. The monoisotopic (exact) mass is 394 g/mol. The van der Waals surface area contributed by atoms with Crippen LogP contribution in [0, 0.1) is 0 Å². The lowest BCUT2D eigenvalue weighted by Gasteiger charge is -2.08. The maximum absolute atomic E-state index is 12.1. The van der Waals surface area contributed by atoms with E-state index in [0.717, 1.165) is 14.6 Å². The van der Waals surface area contributed by atoms with E-state index < -0.39 is 10.0 Å². The van der Waals surface area contributed by atoms with Crippen molar-refractivity contribution < 1.29 is 13.2 Å². The van der Waals surface area contributed by atoms with Crippen molar-refractivity contribution in [3.8, 4) is 5.75 Å². The van der Waals surface area contributed by atoms with Crippen LogP contribution in [0.1, 0.15) is 6.42 Å². The molecule has 3 aromatic rings. The number of thioether (sulfide) groups is 1. The lowest BCUT2D eigenvalue weighted by molar-refractivity contribution is 0.415. The second-order valence-electron chi connectivity index (χ2n) is 5.30. The molecule has 0 bridgehead atoms. The number of sulfonamides is 1. The van der Waals surface area contributed by atoms with Crippen LogP contribution in [0.2, 0.25) is 0 Å². The number of nitrogens with zero attached hydrogens (tertiary/aromatic N) is 1. The molecule has 3 rings (SSSR count). The predicted octanol–water partition coefficient (Wildman–Crippen LogP) is 4.23. The molecule has 0 spiro atoms. The lowest BCUT2D eigenvalue weighted by Crippen LogP contribution is -2.17.